The van der Waals surface area contributed by atoms with Crippen LogP contribution in [0.2, 0.25) is 0 Å². The average Bonchev–Trinajstić information content (AvgIpc) is 3.32. The van der Waals surface area contributed by atoms with Crippen LogP contribution in [0.4, 0.5) is 0 Å². The molecule has 28 heavy (non-hydrogen) atoms. The van der Waals surface area contributed by atoms with Gasteiger partial charge in [-0.25, -0.2) is 0 Å². The lowest BCUT2D eigenvalue weighted by molar-refractivity contribution is 0.172. The van der Waals surface area contributed by atoms with Crippen LogP contribution in [-0.4, -0.2) is 32.8 Å². The molecular weight excluding hydrogens is 364 g/mol. The molecule has 1 aromatic carbocycles. The molecule has 0 bridgehead atoms. The van der Waals surface area contributed by atoms with Crippen LogP contribution in [0.25, 0.3) is 11.4 Å². The van der Waals surface area contributed by atoms with E-state index in [0.717, 1.165) is 31.3 Å². The molecule has 2 aliphatic rings. The van der Waals surface area contributed by atoms with Crippen LogP contribution in [0.15, 0.2) is 41.8 Å². The first kappa shape index (κ1) is 18.1. The summed E-state index contributed by atoms with van der Waals surface area (Å²) in [5.41, 5.74) is 2.75. The molecule has 2 aromatic heterocycles. The Hall–Kier alpha value is -1.98. The normalized spacial score (nSPS) is 17.9. The zero-order chi connectivity index (χ0) is 18.8. The highest BCUT2D eigenvalue weighted by molar-refractivity contribution is 7.10. The third-order valence-electron chi connectivity index (χ3n) is 6.33. The van der Waals surface area contributed by atoms with Crippen molar-refractivity contribution in [1.29, 1.82) is 0 Å². The van der Waals surface area contributed by atoms with E-state index in [0.29, 0.717) is 0 Å². The van der Waals surface area contributed by atoms with Crippen LogP contribution in [0, 0.1) is 5.92 Å². The molecule has 0 aliphatic carbocycles. The Morgan fingerprint density at radius 3 is 2.71 bits per heavy atom. The highest BCUT2D eigenvalue weighted by atomic mass is 32.1. The number of hydrogen-bond donors (Lipinski definition) is 0. The van der Waals surface area contributed by atoms with Gasteiger partial charge in [0.15, 0.2) is 5.82 Å². The molecule has 0 spiro atoms. The molecule has 0 saturated carbocycles. The van der Waals surface area contributed by atoms with Crippen LogP contribution in [-0.2, 0) is 25.9 Å². The summed E-state index contributed by atoms with van der Waals surface area (Å²) in [6.45, 7) is 4.59. The fourth-order valence-corrected chi connectivity index (χ4v) is 5.61. The van der Waals surface area contributed by atoms with Gasteiger partial charge in [0.1, 0.15) is 5.82 Å². The molecule has 0 N–H and O–H groups in total. The Bertz CT molecular complexity index is 906. The smallest absolute Gasteiger partial charge is 0.165 e. The minimum absolute atomic E-state index is 0.822. The first-order valence-corrected chi connectivity index (χ1v) is 11.5. The van der Waals surface area contributed by atoms with Gasteiger partial charge in [0, 0.05) is 30.0 Å². The quantitative estimate of drug-likeness (QED) is 0.626. The number of benzene rings is 1. The summed E-state index contributed by atoms with van der Waals surface area (Å²) in [6, 6.07) is 13.1. The largest absolute Gasteiger partial charge is 0.311 e. The summed E-state index contributed by atoms with van der Waals surface area (Å²) in [4.78, 5) is 4.08. The lowest BCUT2D eigenvalue weighted by Gasteiger charge is -2.32. The fraction of sp³-hybridized carbons (Fsp3) is 0.478. The van der Waals surface area contributed by atoms with Crippen LogP contribution in [0.5, 0.6) is 0 Å². The van der Waals surface area contributed by atoms with Crippen LogP contribution in [0.1, 0.15) is 41.9 Å². The molecule has 0 unspecified atom stereocenters. The van der Waals surface area contributed by atoms with Gasteiger partial charge in [-0.1, -0.05) is 30.3 Å². The maximum atomic E-state index is 4.58. The van der Waals surface area contributed by atoms with E-state index in [1.54, 1.807) is 0 Å². The standard InChI is InChI=1S/C23H28N4S/c1-2-5-19(6-3-1)17-26-14-10-18(11-15-26)8-9-22-24-25-23-20-12-16-28-21(20)7-4-13-27(22)23/h1-3,5-6,12,16,18H,4,7-11,13-15,17H2. The van der Waals surface area contributed by atoms with Crippen molar-refractivity contribution in [2.24, 2.45) is 5.92 Å². The van der Waals surface area contributed by atoms with Gasteiger partial charge in [-0.3, -0.25) is 4.90 Å². The molecule has 146 valence electrons. The number of nitrogens with zero attached hydrogens (tertiary/aromatic N) is 4. The molecule has 0 radical (unpaired) electrons. The van der Waals surface area contributed by atoms with Crippen molar-refractivity contribution < 1.29 is 0 Å². The van der Waals surface area contributed by atoms with Crippen LogP contribution in [0.3, 0.4) is 0 Å². The lowest BCUT2D eigenvalue weighted by Crippen LogP contribution is -2.33. The van der Waals surface area contributed by atoms with E-state index in [9.17, 15) is 0 Å². The topological polar surface area (TPSA) is 34.0 Å². The van der Waals surface area contributed by atoms with Gasteiger partial charge in [0.2, 0.25) is 0 Å². The van der Waals surface area contributed by atoms with Gasteiger partial charge in [0.05, 0.1) is 0 Å². The fourth-order valence-electron chi connectivity index (χ4n) is 4.69. The molecule has 5 rings (SSSR count). The molecule has 4 nitrogen and oxygen atoms in total. The summed E-state index contributed by atoms with van der Waals surface area (Å²) in [6.07, 6.45) is 7.30. The minimum atomic E-state index is 0.822. The second-order valence-corrected chi connectivity index (χ2v) is 9.20. The molecular formula is C23H28N4S. The van der Waals surface area contributed by atoms with E-state index in [-0.39, 0.29) is 0 Å². The Morgan fingerprint density at radius 2 is 1.86 bits per heavy atom. The van der Waals surface area contributed by atoms with Crippen LogP contribution >= 0.6 is 11.3 Å². The third-order valence-corrected chi connectivity index (χ3v) is 7.31. The van der Waals surface area contributed by atoms with Crippen molar-refractivity contribution in [1.82, 2.24) is 19.7 Å². The lowest BCUT2D eigenvalue weighted by atomic mass is 9.92. The Kier molecular flexibility index (Phi) is 5.28. The number of rotatable bonds is 5. The molecule has 4 heterocycles. The monoisotopic (exact) mass is 392 g/mol. The Labute approximate surface area is 171 Å². The second-order valence-electron chi connectivity index (χ2n) is 8.20. The van der Waals surface area contributed by atoms with Crippen molar-refractivity contribution in [2.45, 2.75) is 51.6 Å². The predicted octanol–water partition coefficient (Wildman–Crippen LogP) is 4.80. The number of fused-ring (bicyclic) bond motifs is 3. The Morgan fingerprint density at radius 1 is 1.00 bits per heavy atom. The van der Waals surface area contributed by atoms with E-state index in [1.165, 1.54) is 67.0 Å². The van der Waals surface area contributed by atoms with E-state index >= 15 is 0 Å². The van der Waals surface area contributed by atoms with Gasteiger partial charge < -0.3 is 4.57 Å². The van der Waals surface area contributed by atoms with E-state index in [1.807, 2.05) is 11.3 Å². The van der Waals surface area contributed by atoms with Crippen LogP contribution < -0.4 is 0 Å². The second kappa shape index (κ2) is 8.18. The maximum Gasteiger partial charge on any atom is 0.165 e. The van der Waals surface area contributed by atoms with Crippen molar-refractivity contribution in [3.05, 3.63) is 58.0 Å². The highest BCUT2D eigenvalue weighted by Gasteiger charge is 2.23. The Balaban J connectivity index is 1.17. The van der Waals surface area contributed by atoms with E-state index in [2.05, 4.69) is 61.4 Å². The average molecular weight is 393 g/mol. The van der Waals surface area contributed by atoms with Gasteiger partial charge in [-0.2, -0.15) is 0 Å². The minimum Gasteiger partial charge on any atom is -0.311 e. The summed E-state index contributed by atoms with van der Waals surface area (Å²) in [7, 11) is 0. The zero-order valence-corrected chi connectivity index (χ0v) is 17.2. The number of piperidine rings is 1. The summed E-state index contributed by atoms with van der Waals surface area (Å²) >= 11 is 1.86. The van der Waals surface area contributed by atoms with Gasteiger partial charge in [0.25, 0.3) is 0 Å². The highest BCUT2D eigenvalue weighted by Crippen LogP contribution is 2.32. The zero-order valence-electron chi connectivity index (χ0n) is 16.4. The third kappa shape index (κ3) is 3.78. The van der Waals surface area contributed by atoms with Gasteiger partial charge >= 0.3 is 0 Å². The molecule has 0 amide bonds. The van der Waals surface area contributed by atoms with Crippen molar-refractivity contribution in [2.75, 3.05) is 13.1 Å². The SMILES string of the molecule is c1ccc(CN2CCC(CCc3nnc4n3CCCc3sccc3-4)CC2)cc1. The number of hydrogen-bond acceptors (Lipinski definition) is 4. The predicted molar refractivity (Wildman–Crippen MR) is 114 cm³/mol. The number of aromatic nitrogens is 3. The summed E-state index contributed by atoms with van der Waals surface area (Å²) < 4.78 is 2.39. The molecule has 3 aromatic rings. The van der Waals surface area contributed by atoms with E-state index < -0.39 is 0 Å². The van der Waals surface area contributed by atoms with Crippen molar-refractivity contribution in [3.63, 3.8) is 0 Å². The molecule has 1 fully saturated rings. The first-order valence-electron chi connectivity index (χ1n) is 10.6. The molecule has 2 aliphatic heterocycles. The number of aryl methyl sites for hydroxylation is 2. The first-order chi connectivity index (χ1) is 13.9. The molecule has 1 saturated heterocycles. The van der Waals surface area contributed by atoms with Crippen molar-refractivity contribution >= 4 is 11.3 Å². The number of likely N-dealkylation sites (tertiary alicyclic amines) is 1. The van der Waals surface area contributed by atoms with Gasteiger partial charge in [-0.05, 0) is 68.1 Å². The van der Waals surface area contributed by atoms with Crippen molar-refractivity contribution in [3.8, 4) is 11.4 Å². The summed E-state index contributed by atoms with van der Waals surface area (Å²) in [5.74, 6) is 3.12. The maximum absolute atomic E-state index is 4.58. The van der Waals surface area contributed by atoms with Gasteiger partial charge in [-0.15, -0.1) is 21.5 Å². The number of thiophene rings is 1. The summed E-state index contributed by atoms with van der Waals surface area (Å²) in [5, 5.41) is 11.3. The molecule has 5 heteroatoms. The molecule has 0 atom stereocenters. The van der Waals surface area contributed by atoms with E-state index in [4.69, 9.17) is 0 Å².